The Morgan fingerprint density at radius 2 is 1.17 bits per heavy atom. The van der Waals surface area contributed by atoms with Crippen LogP contribution in [0.4, 0.5) is 0 Å². The lowest BCUT2D eigenvalue weighted by Gasteiger charge is -2.28. The number of ketones is 1. The molecule has 22 heteroatoms. The predicted octanol–water partition coefficient (Wildman–Crippen LogP) is -0.568. The Morgan fingerprint density at radius 3 is 1.71 bits per heavy atom. The highest BCUT2D eigenvalue weighted by Gasteiger charge is 2.33. The van der Waals surface area contributed by atoms with E-state index in [1.807, 2.05) is 0 Å². The van der Waals surface area contributed by atoms with E-state index in [0.29, 0.717) is 31.2 Å². The molecule has 0 bridgehead atoms. The van der Waals surface area contributed by atoms with Crippen molar-refractivity contribution in [3.63, 3.8) is 0 Å². The molecule has 6 atom stereocenters. The maximum atomic E-state index is 14.4. The minimum absolute atomic E-state index is 0.00268. The summed E-state index contributed by atoms with van der Waals surface area (Å²) >= 11 is 6.79. The van der Waals surface area contributed by atoms with Crippen LogP contribution in [0.1, 0.15) is 66.6 Å². The van der Waals surface area contributed by atoms with Gasteiger partial charge in [0.05, 0.1) is 13.0 Å². The number of carbonyl (C=O) groups is 8. The average Bonchev–Trinajstić information content (AvgIpc) is 3.26. The van der Waals surface area contributed by atoms with Gasteiger partial charge >= 0.3 is 0 Å². The Bertz CT molecular complexity index is 2230. The van der Waals surface area contributed by atoms with E-state index in [4.69, 9.17) is 28.7 Å². The molecule has 20 nitrogen and oxygen atoms in total. The summed E-state index contributed by atoms with van der Waals surface area (Å²) in [6, 6.07) is 12.0. The molecule has 0 saturated carbocycles. The highest BCUT2D eigenvalue weighted by atomic mass is 79.9. The van der Waals surface area contributed by atoms with Crippen LogP contribution < -0.4 is 55.3 Å². The fraction of sp³-hybridized carbons (Fsp3) is 0.386. The number of hydrogen-bond acceptors (Lipinski definition) is 11. The topological polar surface area (TPSA) is 359 Å². The number of rotatable bonds is 26. The van der Waals surface area contributed by atoms with E-state index >= 15 is 0 Å². The second-order valence-electron chi connectivity index (χ2n) is 15.8. The third-order valence-electron chi connectivity index (χ3n) is 9.89. The van der Waals surface area contributed by atoms with Crippen molar-refractivity contribution in [1.82, 2.24) is 26.6 Å². The zero-order valence-electron chi connectivity index (χ0n) is 36.4. The van der Waals surface area contributed by atoms with Crippen LogP contribution in [0.15, 0.2) is 86.7 Å². The Labute approximate surface area is 398 Å². The van der Waals surface area contributed by atoms with Gasteiger partial charge in [-0.15, -0.1) is 0 Å². The number of nitrogens with one attached hydrogen (secondary N) is 5. The molecular weight excluding hydrogens is 986 g/mol. The highest BCUT2D eigenvalue weighted by Crippen LogP contribution is 2.24. The van der Waals surface area contributed by atoms with Gasteiger partial charge in [0.25, 0.3) is 0 Å². The van der Waals surface area contributed by atoms with Gasteiger partial charge in [-0.05, 0) is 54.5 Å². The summed E-state index contributed by atoms with van der Waals surface area (Å²) < 4.78 is 1.25. The van der Waals surface area contributed by atoms with Crippen molar-refractivity contribution < 1.29 is 43.5 Å². The lowest BCUT2D eigenvalue weighted by atomic mass is 9.98. The molecule has 356 valence electrons. The van der Waals surface area contributed by atoms with Crippen molar-refractivity contribution in [3.05, 3.63) is 104 Å². The molecule has 0 saturated heterocycles. The van der Waals surface area contributed by atoms with Crippen molar-refractivity contribution in [2.45, 2.75) is 88.6 Å². The number of primary amides is 2. The fourth-order valence-corrected chi connectivity index (χ4v) is 7.26. The van der Waals surface area contributed by atoms with E-state index in [9.17, 15) is 43.5 Å². The monoisotopic (exact) mass is 1040 g/mol. The summed E-state index contributed by atoms with van der Waals surface area (Å²) in [6.45, 7) is 2.96. The normalized spacial score (nSPS) is 13.7. The molecule has 16 N–H and O–H groups in total. The van der Waals surface area contributed by atoms with Crippen LogP contribution in [0.2, 0.25) is 0 Å². The summed E-state index contributed by atoms with van der Waals surface area (Å²) in [5.74, 6) is -6.86. The minimum Gasteiger partial charge on any atom is -0.394 e. The molecule has 0 spiro atoms. The van der Waals surface area contributed by atoms with Crippen LogP contribution in [0.25, 0.3) is 0 Å². The van der Waals surface area contributed by atoms with E-state index in [1.165, 1.54) is 0 Å². The van der Waals surface area contributed by atoms with Crippen molar-refractivity contribution >= 4 is 85.0 Å². The molecule has 0 aliphatic heterocycles. The van der Waals surface area contributed by atoms with Crippen molar-refractivity contribution in [2.75, 3.05) is 13.2 Å². The van der Waals surface area contributed by atoms with E-state index < -0.39 is 90.6 Å². The Balaban J connectivity index is 2.02. The van der Waals surface area contributed by atoms with Gasteiger partial charge in [0.1, 0.15) is 36.3 Å². The zero-order valence-corrected chi connectivity index (χ0v) is 39.6. The molecule has 0 aromatic heterocycles. The fourth-order valence-electron chi connectivity index (χ4n) is 6.47. The van der Waals surface area contributed by atoms with Crippen LogP contribution in [-0.2, 0) is 46.4 Å². The van der Waals surface area contributed by atoms with Crippen LogP contribution in [0.5, 0.6) is 0 Å². The maximum Gasteiger partial charge on any atom is 0.243 e. The van der Waals surface area contributed by atoms with E-state index in [1.54, 1.807) is 86.6 Å². The number of halogens is 2. The van der Waals surface area contributed by atoms with Gasteiger partial charge in [-0.3, -0.25) is 43.3 Å². The highest BCUT2D eigenvalue weighted by molar-refractivity contribution is 9.11. The average molecular weight is 1040 g/mol. The van der Waals surface area contributed by atoms with Gasteiger partial charge in [0.2, 0.25) is 41.4 Å². The number of carbonyl (C=O) groups excluding carboxylic acids is 8. The standard InChI is InChI=1S/C44H57Br2N11O9/c1-23(2)17-33(56-43(66)34(55-39(62)30(47)22-58)18-24-7-4-3-5-8-24)41(64)57-35(19-25-10-12-26(13-11-25)37(60)28-20-27(45)14-15-29(28)46)42(65)53-31(9-6-16-52-44(50)51)40(63)54-32(38(49)61)21-36(48)59/h3-5,7-8,10-15,20,23,30-35,58H,6,9,16-19,21-22,47H2,1-2H3,(H2,48,59)(H2,49,61)(H,53,65)(H,54,63)(H,55,62)(H,56,66)(H,57,64)(H4,50,51,52)/t30-,31-,32-,33-,34-,35+/m0/s1. The molecular formula is C44H57Br2N11O9. The summed E-state index contributed by atoms with van der Waals surface area (Å²) in [7, 11) is 0. The lowest BCUT2D eigenvalue weighted by Crippen LogP contribution is -2.60. The quantitative estimate of drug-likeness (QED) is 0.0209. The Hall–Kier alpha value is -6.23. The molecule has 0 heterocycles. The summed E-state index contributed by atoms with van der Waals surface area (Å²) in [5.41, 5.74) is 29.2. The zero-order chi connectivity index (χ0) is 49.1. The van der Waals surface area contributed by atoms with Crippen molar-refractivity contribution in [1.29, 1.82) is 0 Å². The molecule has 0 fully saturated rings. The molecule has 0 unspecified atom stereocenters. The molecule has 7 amide bonds. The first kappa shape index (κ1) is 54.1. The van der Waals surface area contributed by atoms with Crippen molar-refractivity contribution in [3.8, 4) is 0 Å². The molecule has 3 rings (SSSR count). The Morgan fingerprint density at radius 1 is 0.652 bits per heavy atom. The Kier molecular flexibility index (Phi) is 21.9. The number of guanidine groups is 1. The van der Waals surface area contributed by atoms with Gasteiger partial charge in [-0.25, -0.2) is 0 Å². The molecule has 0 aliphatic rings. The first-order valence-electron chi connectivity index (χ1n) is 20.8. The van der Waals surface area contributed by atoms with E-state index in [2.05, 4.69) is 63.4 Å². The number of aliphatic imine (C=N–C) groups is 1. The number of hydrogen-bond donors (Lipinski definition) is 11. The largest absolute Gasteiger partial charge is 0.394 e. The number of nitrogens with zero attached hydrogens (tertiary/aromatic N) is 1. The second-order valence-corrected chi connectivity index (χ2v) is 17.6. The number of aliphatic hydroxyl groups is 1. The SMILES string of the molecule is CC(C)C[C@H](NC(=O)[C@H](Cc1ccccc1)NC(=O)[C@@H](N)CO)C(=O)N[C@H](Cc1ccc(C(=O)c2cc(Br)ccc2Br)cc1)C(=O)N[C@@H](CCCN=C(N)N)C(=O)N[C@@H](CC(N)=O)C(N)=O. The minimum atomic E-state index is -1.52. The van der Waals surface area contributed by atoms with Gasteiger partial charge < -0.3 is 60.4 Å². The van der Waals surface area contributed by atoms with Gasteiger partial charge in [-0.2, -0.15) is 0 Å². The van der Waals surface area contributed by atoms with Crippen LogP contribution in [-0.4, -0.2) is 108 Å². The van der Waals surface area contributed by atoms with Gasteiger partial charge in [0, 0.05) is 39.5 Å². The summed E-state index contributed by atoms with van der Waals surface area (Å²) in [4.78, 5) is 110. The molecule has 66 heavy (non-hydrogen) atoms. The van der Waals surface area contributed by atoms with Gasteiger partial charge in [-0.1, -0.05) is 100 Å². The van der Waals surface area contributed by atoms with Crippen LogP contribution in [0, 0.1) is 5.92 Å². The first-order valence-corrected chi connectivity index (χ1v) is 22.4. The third-order valence-corrected chi connectivity index (χ3v) is 11.1. The first-order chi connectivity index (χ1) is 31.2. The van der Waals surface area contributed by atoms with Crippen LogP contribution in [0.3, 0.4) is 0 Å². The number of nitrogens with two attached hydrogens (primary N) is 5. The second kappa shape index (κ2) is 26.7. The summed E-state index contributed by atoms with van der Waals surface area (Å²) in [5, 5.41) is 22.4. The number of benzene rings is 3. The lowest BCUT2D eigenvalue weighted by molar-refractivity contribution is -0.135. The van der Waals surface area contributed by atoms with E-state index in [-0.39, 0.29) is 56.3 Å². The van der Waals surface area contributed by atoms with E-state index in [0.717, 1.165) is 0 Å². The van der Waals surface area contributed by atoms with Crippen LogP contribution >= 0.6 is 31.9 Å². The molecule has 0 radical (unpaired) electrons. The number of aliphatic hydroxyl groups excluding tert-OH is 1. The summed E-state index contributed by atoms with van der Waals surface area (Å²) in [6.07, 6.45) is -0.718. The third kappa shape index (κ3) is 18.0. The molecule has 0 aliphatic carbocycles. The van der Waals surface area contributed by atoms with Gasteiger partial charge in [0.15, 0.2) is 11.7 Å². The predicted molar refractivity (Wildman–Crippen MR) is 253 cm³/mol. The molecule has 3 aromatic carbocycles. The number of amides is 7. The van der Waals surface area contributed by atoms with Crippen molar-refractivity contribution in [2.24, 2.45) is 39.6 Å². The maximum absolute atomic E-state index is 14.4. The smallest absolute Gasteiger partial charge is 0.243 e. The molecule has 3 aromatic rings.